The number of amides is 1. The largest absolute Gasteiger partial charge is 0.493 e. The summed E-state index contributed by atoms with van der Waals surface area (Å²) < 4.78 is 8.05. The first kappa shape index (κ1) is 19.8. The van der Waals surface area contributed by atoms with E-state index in [-0.39, 0.29) is 5.91 Å². The van der Waals surface area contributed by atoms with E-state index in [0.29, 0.717) is 13.0 Å². The van der Waals surface area contributed by atoms with Gasteiger partial charge in [0.25, 0.3) is 0 Å². The Morgan fingerprint density at radius 3 is 2.62 bits per heavy atom. The maximum absolute atomic E-state index is 12.3. The van der Waals surface area contributed by atoms with E-state index in [2.05, 4.69) is 10.6 Å². The fourth-order valence-corrected chi connectivity index (χ4v) is 4.56. The van der Waals surface area contributed by atoms with Crippen molar-refractivity contribution >= 4 is 28.7 Å². The lowest BCUT2D eigenvalue weighted by Gasteiger charge is -2.15. The summed E-state index contributed by atoms with van der Waals surface area (Å²) in [4.78, 5) is 19.2. The standard InChI is InChI=1S/C23H27N3O2S/c27-22(25-14-6-7-15-25)13-8-16-26-21-12-5-4-11-20(21)24-23(26)29-18-17-28-19-9-2-1-3-10-19/h1-5,9-12H,6-8,13-18H2. The summed E-state index contributed by atoms with van der Waals surface area (Å²) in [6, 6.07) is 18.1. The van der Waals surface area contributed by atoms with E-state index in [9.17, 15) is 4.79 Å². The van der Waals surface area contributed by atoms with Crippen molar-refractivity contribution in [3.05, 3.63) is 54.6 Å². The van der Waals surface area contributed by atoms with Crippen LogP contribution in [-0.2, 0) is 11.3 Å². The predicted molar refractivity (Wildman–Crippen MR) is 117 cm³/mol. The van der Waals surface area contributed by atoms with Crippen molar-refractivity contribution in [2.75, 3.05) is 25.4 Å². The van der Waals surface area contributed by atoms with Crippen molar-refractivity contribution in [3.63, 3.8) is 0 Å². The van der Waals surface area contributed by atoms with Gasteiger partial charge in [0.15, 0.2) is 5.16 Å². The number of carbonyl (C=O) groups excluding carboxylic acids is 1. The van der Waals surface area contributed by atoms with E-state index in [0.717, 1.165) is 66.6 Å². The van der Waals surface area contributed by atoms with Crippen LogP contribution in [-0.4, -0.2) is 45.8 Å². The minimum atomic E-state index is 0.289. The van der Waals surface area contributed by atoms with Crippen molar-refractivity contribution < 1.29 is 9.53 Å². The number of para-hydroxylation sites is 3. The first-order chi connectivity index (χ1) is 14.3. The highest BCUT2D eigenvalue weighted by Gasteiger charge is 2.18. The monoisotopic (exact) mass is 409 g/mol. The number of likely N-dealkylation sites (tertiary alicyclic amines) is 1. The Morgan fingerprint density at radius 1 is 1.03 bits per heavy atom. The summed E-state index contributed by atoms with van der Waals surface area (Å²) in [7, 11) is 0. The minimum absolute atomic E-state index is 0.289. The maximum atomic E-state index is 12.3. The molecule has 1 aliphatic heterocycles. The van der Waals surface area contributed by atoms with Crippen LogP contribution in [0.25, 0.3) is 11.0 Å². The van der Waals surface area contributed by atoms with Gasteiger partial charge in [-0.3, -0.25) is 4.79 Å². The Kier molecular flexibility index (Phi) is 6.72. The number of nitrogens with zero attached hydrogens (tertiary/aromatic N) is 3. The normalized spacial score (nSPS) is 13.9. The molecule has 152 valence electrons. The molecule has 1 saturated heterocycles. The molecule has 3 aromatic rings. The third kappa shape index (κ3) is 5.12. The molecule has 1 amide bonds. The molecule has 6 heteroatoms. The molecule has 0 aliphatic carbocycles. The molecule has 0 spiro atoms. The van der Waals surface area contributed by atoms with Gasteiger partial charge in [0.1, 0.15) is 5.75 Å². The number of fused-ring (bicyclic) bond motifs is 1. The van der Waals surface area contributed by atoms with Crippen LogP contribution in [0.1, 0.15) is 25.7 Å². The van der Waals surface area contributed by atoms with Gasteiger partial charge in [-0.2, -0.15) is 0 Å². The number of hydrogen-bond donors (Lipinski definition) is 0. The molecule has 1 aliphatic rings. The summed E-state index contributed by atoms with van der Waals surface area (Å²) in [5.41, 5.74) is 2.14. The zero-order valence-corrected chi connectivity index (χ0v) is 17.4. The summed E-state index contributed by atoms with van der Waals surface area (Å²) in [5, 5.41) is 0.997. The minimum Gasteiger partial charge on any atom is -0.493 e. The van der Waals surface area contributed by atoms with Gasteiger partial charge in [0, 0.05) is 31.8 Å². The van der Waals surface area contributed by atoms with Crippen LogP contribution in [0.5, 0.6) is 5.75 Å². The van der Waals surface area contributed by atoms with Gasteiger partial charge in [0.2, 0.25) is 5.91 Å². The first-order valence-electron chi connectivity index (χ1n) is 10.3. The van der Waals surface area contributed by atoms with Crippen LogP contribution in [0, 0.1) is 0 Å². The maximum Gasteiger partial charge on any atom is 0.222 e. The second kappa shape index (κ2) is 9.83. The second-order valence-electron chi connectivity index (χ2n) is 7.24. The molecule has 0 saturated carbocycles. The van der Waals surface area contributed by atoms with Crippen molar-refractivity contribution in [1.29, 1.82) is 0 Å². The van der Waals surface area contributed by atoms with Crippen LogP contribution < -0.4 is 4.74 Å². The topological polar surface area (TPSA) is 47.4 Å². The number of hydrogen-bond acceptors (Lipinski definition) is 4. The van der Waals surface area contributed by atoms with E-state index >= 15 is 0 Å². The molecule has 0 atom stereocenters. The Morgan fingerprint density at radius 2 is 1.79 bits per heavy atom. The third-order valence-electron chi connectivity index (χ3n) is 5.18. The molecule has 5 nitrogen and oxygen atoms in total. The Labute approximate surface area is 176 Å². The molecule has 0 bridgehead atoms. The summed E-state index contributed by atoms with van der Waals surface area (Å²) in [6.07, 6.45) is 3.73. The Hall–Kier alpha value is -2.47. The summed E-state index contributed by atoms with van der Waals surface area (Å²) >= 11 is 1.71. The molecule has 1 aromatic heterocycles. The SMILES string of the molecule is O=C(CCCn1c(SCCOc2ccccc2)nc2ccccc21)N1CCCC1. The van der Waals surface area contributed by atoms with Crippen LogP contribution in [0.4, 0.5) is 0 Å². The highest BCUT2D eigenvalue weighted by Crippen LogP contribution is 2.25. The number of imidazole rings is 1. The molecule has 29 heavy (non-hydrogen) atoms. The van der Waals surface area contributed by atoms with Crippen LogP contribution >= 0.6 is 11.8 Å². The van der Waals surface area contributed by atoms with E-state index < -0.39 is 0 Å². The zero-order chi connectivity index (χ0) is 19.9. The van der Waals surface area contributed by atoms with E-state index in [4.69, 9.17) is 9.72 Å². The van der Waals surface area contributed by atoms with Gasteiger partial charge in [-0.05, 0) is 43.5 Å². The van der Waals surface area contributed by atoms with E-state index in [1.807, 2.05) is 53.4 Å². The average molecular weight is 410 g/mol. The molecule has 4 rings (SSSR count). The lowest BCUT2D eigenvalue weighted by atomic mass is 10.2. The first-order valence-corrected chi connectivity index (χ1v) is 11.3. The van der Waals surface area contributed by atoms with Crippen molar-refractivity contribution in [3.8, 4) is 5.75 Å². The quantitative estimate of drug-likeness (QED) is 0.382. The smallest absolute Gasteiger partial charge is 0.222 e. The molecular weight excluding hydrogens is 382 g/mol. The van der Waals surface area contributed by atoms with Gasteiger partial charge in [0.05, 0.1) is 17.6 Å². The molecule has 2 heterocycles. The highest BCUT2D eigenvalue weighted by molar-refractivity contribution is 7.99. The number of thioether (sulfide) groups is 1. The van der Waals surface area contributed by atoms with Gasteiger partial charge in [-0.15, -0.1) is 0 Å². The van der Waals surface area contributed by atoms with Gasteiger partial charge < -0.3 is 14.2 Å². The fraction of sp³-hybridized carbons (Fsp3) is 0.391. The molecule has 0 N–H and O–H groups in total. The lowest BCUT2D eigenvalue weighted by Crippen LogP contribution is -2.27. The summed E-state index contributed by atoms with van der Waals surface area (Å²) in [6.45, 7) is 3.29. The molecule has 0 unspecified atom stereocenters. The highest BCUT2D eigenvalue weighted by atomic mass is 32.2. The Balaban J connectivity index is 1.35. The van der Waals surface area contributed by atoms with Crippen LogP contribution in [0.15, 0.2) is 59.8 Å². The molecule has 1 fully saturated rings. The number of carbonyl (C=O) groups is 1. The number of aryl methyl sites for hydroxylation is 1. The van der Waals surface area contributed by atoms with Crippen LogP contribution in [0.3, 0.4) is 0 Å². The van der Waals surface area contributed by atoms with Gasteiger partial charge >= 0.3 is 0 Å². The van der Waals surface area contributed by atoms with Crippen molar-refractivity contribution in [2.24, 2.45) is 0 Å². The third-order valence-corrected chi connectivity index (χ3v) is 6.12. The zero-order valence-electron chi connectivity index (χ0n) is 16.6. The molecule has 0 radical (unpaired) electrons. The summed E-state index contributed by atoms with van der Waals surface area (Å²) in [5.74, 6) is 2.00. The van der Waals surface area contributed by atoms with Gasteiger partial charge in [-0.25, -0.2) is 4.98 Å². The van der Waals surface area contributed by atoms with E-state index in [1.165, 1.54) is 0 Å². The Bertz CT molecular complexity index is 936. The number of benzene rings is 2. The molecular formula is C23H27N3O2S. The predicted octanol–water partition coefficient (Wildman–Crippen LogP) is 4.61. The average Bonchev–Trinajstić information content (AvgIpc) is 3.41. The molecule has 2 aromatic carbocycles. The van der Waals surface area contributed by atoms with Crippen molar-refractivity contribution in [2.45, 2.75) is 37.4 Å². The number of rotatable bonds is 9. The van der Waals surface area contributed by atoms with Crippen LogP contribution in [0.2, 0.25) is 0 Å². The van der Waals surface area contributed by atoms with Crippen molar-refractivity contribution in [1.82, 2.24) is 14.5 Å². The lowest BCUT2D eigenvalue weighted by molar-refractivity contribution is -0.130. The number of aromatic nitrogens is 2. The second-order valence-corrected chi connectivity index (χ2v) is 8.30. The van der Waals surface area contributed by atoms with E-state index in [1.54, 1.807) is 11.8 Å². The van der Waals surface area contributed by atoms with Gasteiger partial charge in [-0.1, -0.05) is 42.1 Å². The fourth-order valence-electron chi connectivity index (χ4n) is 3.70. The number of ether oxygens (including phenoxy) is 1.